The third-order valence-electron chi connectivity index (χ3n) is 2.94. The van der Waals surface area contributed by atoms with E-state index in [1.54, 1.807) is 18.3 Å². The number of benzene rings is 1. The Labute approximate surface area is 98.5 Å². The third-order valence-corrected chi connectivity index (χ3v) is 2.94. The molecule has 2 aromatic rings. The highest BCUT2D eigenvalue weighted by atomic mass is 16.4. The van der Waals surface area contributed by atoms with Crippen molar-refractivity contribution in [3.8, 4) is 0 Å². The fraction of sp³-hybridized carbons (Fsp3) is 0.231. The van der Waals surface area contributed by atoms with Gasteiger partial charge in [0.25, 0.3) is 0 Å². The van der Waals surface area contributed by atoms with Gasteiger partial charge in [-0.25, -0.2) is 4.79 Å². The minimum absolute atomic E-state index is 0.226. The Balaban J connectivity index is 2.89. The number of carbonyl (C=O) groups excluding carboxylic acids is 1. The monoisotopic (exact) mass is 231 g/mol. The number of aromatic nitrogens is 1. The molecule has 0 spiro atoms. The largest absolute Gasteiger partial charge is 0.478 e. The predicted molar refractivity (Wildman–Crippen MR) is 64.6 cm³/mol. The molecule has 1 heterocycles. The van der Waals surface area contributed by atoms with Crippen LogP contribution in [0.1, 0.15) is 33.2 Å². The van der Waals surface area contributed by atoms with E-state index in [1.807, 2.05) is 18.5 Å². The highest BCUT2D eigenvalue weighted by Gasteiger charge is 2.13. The lowest BCUT2D eigenvalue weighted by molar-refractivity contribution is 0.0696. The number of carbonyl (C=O) groups is 2. The van der Waals surface area contributed by atoms with Gasteiger partial charge in [-0.1, -0.05) is 6.92 Å². The number of aromatic carboxylic acids is 1. The number of hydrogen-bond donors (Lipinski definition) is 1. The molecule has 0 saturated heterocycles. The molecule has 0 aliphatic heterocycles. The van der Waals surface area contributed by atoms with Gasteiger partial charge >= 0.3 is 5.97 Å². The lowest BCUT2D eigenvalue weighted by Gasteiger charge is -2.05. The minimum atomic E-state index is -0.970. The lowest BCUT2D eigenvalue weighted by atomic mass is 10.0. The molecule has 2 rings (SSSR count). The minimum Gasteiger partial charge on any atom is -0.478 e. The number of carboxylic acids is 1. The van der Waals surface area contributed by atoms with Crippen molar-refractivity contribution in [2.45, 2.75) is 13.3 Å². The Morgan fingerprint density at radius 1 is 1.47 bits per heavy atom. The van der Waals surface area contributed by atoms with Gasteiger partial charge in [0.05, 0.1) is 11.1 Å². The second-order valence-corrected chi connectivity index (χ2v) is 4.00. The highest BCUT2D eigenvalue weighted by molar-refractivity contribution is 6.02. The summed E-state index contributed by atoms with van der Waals surface area (Å²) in [6, 6.07) is 3.22. The fourth-order valence-corrected chi connectivity index (χ4v) is 2.16. The number of carboxylic acid groups (broad SMARTS) is 1. The fourth-order valence-electron chi connectivity index (χ4n) is 2.16. The summed E-state index contributed by atoms with van der Waals surface area (Å²) < 4.78 is 1.86. The molecule has 0 unspecified atom stereocenters. The number of nitrogens with zero attached hydrogens (tertiary/aromatic N) is 1. The van der Waals surface area contributed by atoms with E-state index in [2.05, 4.69) is 0 Å². The Hall–Kier alpha value is -2.10. The van der Waals surface area contributed by atoms with Crippen molar-refractivity contribution in [3.63, 3.8) is 0 Å². The number of aldehydes is 1. The predicted octanol–water partition coefficient (Wildman–Crippen LogP) is 2.25. The Morgan fingerprint density at radius 3 is 2.71 bits per heavy atom. The van der Waals surface area contributed by atoms with Gasteiger partial charge in [0.1, 0.15) is 0 Å². The van der Waals surface area contributed by atoms with Crippen LogP contribution >= 0.6 is 0 Å². The normalized spacial score (nSPS) is 10.7. The van der Waals surface area contributed by atoms with Crippen molar-refractivity contribution >= 4 is 23.2 Å². The maximum Gasteiger partial charge on any atom is 0.335 e. The molecule has 0 saturated carbocycles. The number of rotatable bonds is 3. The second kappa shape index (κ2) is 4.05. The summed E-state index contributed by atoms with van der Waals surface area (Å²) in [6.45, 7) is 1.97. The topological polar surface area (TPSA) is 59.3 Å². The summed E-state index contributed by atoms with van der Waals surface area (Å²) in [5, 5.41) is 9.75. The molecule has 0 aliphatic carbocycles. The van der Waals surface area contributed by atoms with Gasteiger partial charge in [-0.05, 0) is 24.1 Å². The van der Waals surface area contributed by atoms with Crippen molar-refractivity contribution in [2.75, 3.05) is 0 Å². The van der Waals surface area contributed by atoms with Crippen LogP contribution in [0.25, 0.3) is 10.9 Å². The molecule has 4 nitrogen and oxygen atoms in total. The smallest absolute Gasteiger partial charge is 0.335 e. The van der Waals surface area contributed by atoms with Crippen molar-refractivity contribution in [1.82, 2.24) is 4.57 Å². The molecular weight excluding hydrogens is 218 g/mol. The second-order valence-electron chi connectivity index (χ2n) is 4.00. The molecule has 0 amide bonds. The van der Waals surface area contributed by atoms with Crippen LogP contribution in [0.5, 0.6) is 0 Å². The molecular formula is C13H13NO3. The lowest BCUT2D eigenvalue weighted by Crippen LogP contribution is -1.99. The van der Waals surface area contributed by atoms with E-state index in [1.165, 1.54) is 0 Å². The summed E-state index contributed by atoms with van der Waals surface area (Å²) >= 11 is 0. The van der Waals surface area contributed by atoms with Gasteiger partial charge in [-0.3, -0.25) is 4.79 Å². The maximum absolute atomic E-state index is 11.0. The number of aryl methyl sites for hydroxylation is 2. The van der Waals surface area contributed by atoms with Crippen molar-refractivity contribution in [1.29, 1.82) is 0 Å². The van der Waals surface area contributed by atoms with E-state index < -0.39 is 5.97 Å². The van der Waals surface area contributed by atoms with E-state index in [-0.39, 0.29) is 5.56 Å². The zero-order valence-corrected chi connectivity index (χ0v) is 9.73. The van der Waals surface area contributed by atoms with Gasteiger partial charge in [0, 0.05) is 24.2 Å². The Kier molecular flexibility index (Phi) is 2.71. The first kappa shape index (κ1) is 11.4. The van der Waals surface area contributed by atoms with Crippen LogP contribution in [-0.4, -0.2) is 21.9 Å². The standard InChI is InChI=1S/C13H13NO3/c1-3-8-4-9(13(16)17)5-11-10(7-15)6-14(2)12(8)11/h4-7H,3H2,1-2H3,(H,16,17). The zero-order valence-electron chi connectivity index (χ0n) is 9.73. The van der Waals surface area contributed by atoms with E-state index >= 15 is 0 Å². The molecule has 1 N–H and O–H groups in total. The van der Waals surface area contributed by atoms with Crippen LogP contribution in [0.3, 0.4) is 0 Å². The van der Waals surface area contributed by atoms with Crippen LogP contribution < -0.4 is 0 Å². The average molecular weight is 231 g/mol. The molecule has 0 aliphatic rings. The number of hydrogen-bond acceptors (Lipinski definition) is 2. The first-order valence-electron chi connectivity index (χ1n) is 5.39. The van der Waals surface area contributed by atoms with Crippen molar-refractivity contribution < 1.29 is 14.7 Å². The molecule has 17 heavy (non-hydrogen) atoms. The van der Waals surface area contributed by atoms with E-state index in [0.29, 0.717) is 10.9 Å². The maximum atomic E-state index is 11.0. The van der Waals surface area contributed by atoms with E-state index in [9.17, 15) is 9.59 Å². The van der Waals surface area contributed by atoms with Gasteiger partial charge in [-0.2, -0.15) is 0 Å². The SMILES string of the molecule is CCc1cc(C(=O)O)cc2c(C=O)cn(C)c12. The van der Waals surface area contributed by atoms with Crippen LogP contribution in [0.2, 0.25) is 0 Å². The van der Waals surface area contributed by atoms with Gasteiger partial charge in [-0.15, -0.1) is 0 Å². The molecule has 1 aromatic heterocycles. The van der Waals surface area contributed by atoms with Crippen LogP contribution in [-0.2, 0) is 13.5 Å². The zero-order chi connectivity index (χ0) is 12.6. The Bertz CT molecular complexity index is 611. The molecule has 0 radical (unpaired) electrons. The van der Waals surface area contributed by atoms with E-state index in [4.69, 9.17) is 5.11 Å². The summed E-state index contributed by atoms with van der Waals surface area (Å²) in [4.78, 5) is 22.0. The van der Waals surface area contributed by atoms with Gasteiger partial charge in [0.2, 0.25) is 0 Å². The van der Waals surface area contributed by atoms with E-state index in [0.717, 1.165) is 23.8 Å². The highest BCUT2D eigenvalue weighted by Crippen LogP contribution is 2.25. The third kappa shape index (κ3) is 1.71. The first-order valence-corrected chi connectivity index (χ1v) is 5.39. The van der Waals surface area contributed by atoms with Gasteiger partial charge in [0.15, 0.2) is 6.29 Å². The van der Waals surface area contributed by atoms with Crippen LogP contribution in [0, 0.1) is 0 Å². The van der Waals surface area contributed by atoms with Crippen LogP contribution in [0.4, 0.5) is 0 Å². The van der Waals surface area contributed by atoms with Crippen molar-refractivity contribution in [2.24, 2.45) is 7.05 Å². The summed E-state index contributed by atoms with van der Waals surface area (Å²) in [5.41, 5.74) is 2.62. The van der Waals surface area contributed by atoms with Gasteiger partial charge < -0.3 is 9.67 Å². The summed E-state index contributed by atoms with van der Waals surface area (Å²) in [5.74, 6) is -0.970. The molecule has 0 atom stereocenters. The quantitative estimate of drug-likeness (QED) is 0.824. The van der Waals surface area contributed by atoms with Crippen LogP contribution in [0.15, 0.2) is 18.3 Å². The molecule has 1 aromatic carbocycles. The Morgan fingerprint density at radius 2 is 2.18 bits per heavy atom. The summed E-state index contributed by atoms with van der Waals surface area (Å²) in [6.07, 6.45) is 3.21. The molecule has 0 bridgehead atoms. The summed E-state index contributed by atoms with van der Waals surface area (Å²) in [7, 11) is 1.86. The average Bonchev–Trinajstić information content (AvgIpc) is 2.65. The molecule has 4 heteroatoms. The molecule has 0 fully saturated rings. The number of fused-ring (bicyclic) bond motifs is 1. The first-order chi connectivity index (χ1) is 8.08. The van der Waals surface area contributed by atoms with Crippen molar-refractivity contribution in [3.05, 3.63) is 35.0 Å². The molecule has 88 valence electrons.